The van der Waals surface area contributed by atoms with E-state index in [1.807, 2.05) is 0 Å². The molecule has 86 valence electrons. The highest BCUT2D eigenvalue weighted by Crippen LogP contribution is 2.17. The molecule has 0 radical (unpaired) electrons. The fourth-order valence-electron chi connectivity index (χ4n) is 1.45. The number of halogens is 1. The quantitative estimate of drug-likeness (QED) is 0.818. The van der Waals surface area contributed by atoms with Crippen molar-refractivity contribution in [3.63, 3.8) is 0 Å². The largest absolute Gasteiger partial charge is 0.322 e. The minimum atomic E-state index is -0.298. The molecule has 1 heterocycles. The van der Waals surface area contributed by atoms with Crippen LogP contribution in [0.2, 0.25) is 0 Å². The van der Waals surface area contributed by atoms with Crippen LogP contribution in [0.5, 0.6) is 0 Å². The van der Waals surface area contributed by atoms with E-state index in [-0.39, 0.29) is 11.8 Å². The van der Waals surface area contributed by atoms with Gasteiger partial charge < -0.3 is 10.2 Å². The predicted molar refractivity (Wildman–Crippen MR) is 64.2 cm³/mol. The molecule has 0 atom stereocenters. The first-order chi connectivity index (χ1) is 7.66. The number of thioether (sulfide) groups is 1. The van der Waals surface area contributed by atoms with Gasteiger partial charge in [-0.25, -0.2) is 9.18 Å². The third kappa shape index (κ3) is 2.47. The van der Waals surface area contributed by atoms with Crippen LogP contribution in [0.1, 0.15) is 5.56 Å². The maximum atomic E-state index is 13.2. The molecule has 1 saturated heterocycles. The van der Waals surface area contributed by atoms with Crippen LogP contribution in [0, 0.1) is 12.7 Å². The summed E-state index contributed by atoms with van der Waals surface area (Å²) in [6, 6.07) is 4.55. The molecule has 3 nitrogen and oxygen atoms in total. The highest BCUT2D eigenvalue weighted by molar-refractivity contribution is 7.99. The van der Waals surface area contributed by atoms with E-state index in [1.165, 1.54) is 6.07 Å². The van der Waals surface area contributed by atoms with Gasteiger partial charge in [0.2, 0.25) is 0 Å². The van der Waals surface area contributed by atoms with Crippen LogP contribution < -0.4 is 5.32 Å². The number of urea groups is 1. The minimum Gasteiger partial charge on any atom is -0.314 e. The summed E-state index contributed by atoms with van der Waals surface area (Å²) in [4.78, 5) is 13.4. The standard InChI is InChI=1S/C11H13FN2OS/c1-8-2-3-9(6-10(8)12)13-11(15)14-4-5-16-7-14/h2-3,6H,4-5,7H2,1H3,(H,13,15). The molecule has 0 unspecified atom stereocenters. The van der Waals surface area contributed by atoms with E-state index in [4.69, 9.17) is 0 Å². The first-order valence-electron chi connectivity index (χ1n) is 5.06. The summed E-state index contributed by atoms with van der Waals surface area (Å²) < 4.78 is 13.2. The number of anilines is 1. The summed E-state index contributed by atoms with van der Waals surface area (Å²) in [6.07, 6.45) is 0. The monoisotopic (exact) mass is 240 g/mol. The molecule has 16 heavy (non-hydrogen) atoms. The minimum absolute atomic E-state index is 0.159. The average molecular weight is 240 g/mol. The van der Waals surface area contributed by atoms with Crippen molar-refractivity contribution in [1.82, 2.24) is 4.90 Å². The number of carbonyl (C=O) groups excluding carboxylic acids is 1. The van der Waals surface area contributed by atoms with E-state index in [2.05, 4.69) is 5.32 Å². The van der Waals surface area contributed by atoms with Crippen molar-refractivity contribution in [2.24, 2.45) is 0 Å². The molecular formula is C11H13FN2OS. The third-order valence-corrected chi connectivity index (χ3v) is 3.43. The van der Waals surface area contributed by atoms with Gasteiger partial charge in [-0.2, -0.15) is 0 Å². The molecule has 0 aliphatic carbocycles. The van der Waals surface area contributed by atoms with Crippen molar-refractivity contribution in [3.8, 4) is 0 Å². The van der Waals surface area contributed by atoms with Gasteiger partial charge in [-0.05, 0) is 24.6 Å². The second kappa shape index (κ2) is 4.74. The molecule has 5 heteroatoms. The predicted octanol–water partition coefficient (Wildman–Crippen LogP) is 2.67. The van der Waals surface area contributed by atoms with Gasteiger partial charge in [-0.1, -0.05) is 6.07 Å². The lowest BCUT2D eigenvalue weighted by molar-refractivity contribution is 0.225. The van der Waals surface area contributed by atoms with Crippen molar-refractivity contribution in [3.05, 3.63) is 29.6 Å². The molecule has 1 aromatic carbocycles. The number of rotatable bonds is 1. The first-order valence-corrected chi connectivity index (χ1v) is 6.22. The smallest absolute Gasteiger partial charge is 0.314 e. The zero-order valence-corrected chi connectivity index (χ0v) is 9.81. The van der Waals surface area contributed by atoms with Crippen LogP contribution in [0.3, 0.4) is 0 Å². The summed E-state index contributed by atoms with van der Waals surface area (Å²) in [5, 5.41) is 2.69. The molecule has 0 aromatic heterocycles. The Hall–Kier alpha value is -1.23. The van der Waals surface area contributed by atoms with E-state index < -0.39 is 0 Å². The van der Waals surface area contributed by atoms with Gasteiger partial charge in [-0.15, -0.1) is 11.8 Å². The third-order valence-electron chi connectivity index (χ3n) is 2.46. The molecule has 2 rings (SSSR count). The number of hydrogen-bond donors (Lipinski definition) is 1. The Labute approximate surface area is 98.0 Å². The Morgan fingerprint density at radius 2 is 2.38 bits per heavy atom. The van der Waals surface area contributed by atoms with E-state index in [9.17, 15) is 9.18 Å². The molecule has 0 spiro atoms. The summed E-state index contributed by atoms with van der Waals surface area (Å²) in [7, 11) is 0. The van der Waals surface area contributed by atoms with E-state index >= 15 is 0 Å². The second-order valence-electron chi connectivity index (χ2n) is 3.69. The molecule has 2 amide bonds. The average Bonchev–Trinajstić information content (AvgIpc) is 2.77. The number of aryl methyl sites for hydroxylation is 1. The van der Waals surface area contributed by atoms with Crippen LogP contribution in [0.4, 0.5) is 14.9 Å². The van der Waals surface area contributed by atoms with E-state index in [0.717, 1.165) is 12.3 Å². The number of hydrogen-bond acceptors (Lipinski definition) is 2. The summed E-state index contributed by atoms with van der Waals surface area (Å²) >= 11 is 1.72. The van der Waals surface area contributed by atoms with Crippen LogP contribution in [0.15, 0.2) is 18.2 Å². The van der Waals surface area contributed by atoms with Crippen LogP contribution in [-0.2, 0) is 0 Å². The SMILES string of the molecule is Cc1ccc(NC(=O)N2CCSC2)cc1F. The number of amides is 2. The Morgan fingerprint density at radius 1 is 1.56 bits per heavy atom. The van der Waals surface area contributed by atoms with Gasteiger partial charge in [-0.3, -0.25) is 0 Å². The molecule has 0 bridgehead atoms. The van der Waals surface area contributed by atoms with Crippen LogP contribution >= 0.6 is 11.8 Å². The second-order valence-corrected chi connectivity index (χ2v) is 4.77. The van der Waals surface area contributed by atoms with Gasteiger partial charge in [0.1, 0.15) is 5.82 Å². The van der Waals surface area contributed by atoms with Gasteiger partial charge in [0.05, 0.1) is 5.88 Å². The van der Waals surface area contributed by atoms with Gasteiger partial charge in [0.15, 0.2) is 0 Å². The molecule has 1 aliphatic heterocycles. The van der Waals surface area contributed by atoms with Gasteiger partial charge >= 0.3 is 6.03 Å². The van der Waals surface area contributed by atoms with Gasteiger partial charge in [0, 0.05) is 18.0 Å². The lowest BCUT2D eigenvalue weighted by Gasteiger charge is -2.15. The summed E-state index contributed by atoms with van der Waals surface area (Å²) in [5.74, 6) is 1.38. The molecule has 1 fully saturated rings. The highest BCUT2D eigenvalue weighted by atomic mass is 32.2. The first kappa shape index (κ1) is 11.3. The Bertz CT molecular complexity index is 405. The lowest BCUT2D eigenvalue weighted by atomic mass is 10.2. The van der Waals surface area contributed by atoms with E-state index in [0.29, 0.717) is 17.1 Å². The molecule has 1 N–H and O–H groups in total. The maximum absolute atomic E-state index is 13.2. The topological polar surface area (TPSA) is 32.3 Å². The molecule has 0 saturated carbocycles. The molecule has 1 aliphatic rings. The van der Waals surface area contributed by atoms with Gasteiger partial charge in [0.25, 0.3) is 0 Å². The Balaban J connectivity index is 2.02. The van der Waals surface area contributed by atoms with Crippen LogP contribution in [0.25, 0.3) is 0 Å². The number of nitrogens with zero attached hydrogens (tertiary/aromatic N) is 1. The maximum Gasteiger partial charge on any atom is 0.322 e. The number of benzene rings is 1. The van der Waals surface area contributed by atoms with Crippen molar-refractivity contribution in [2.45, 2.75) is 6.92 Å². The van der Waals surface area contributed by atoms with E-state index in [1.54, 1.807) is 35.7 Å². The fraction of sp³-hybridized carbons (Fsp3) is 0.364. The Morgan fingerprint density at radius 3 is 3.00 bits per heavy atom. The highest BCUT2D eigenvalue weighted by Gasteiger charge is 2.18. The van der Waals surface area contributed by atoms with Crippen molar-refractivity contribution < 1.29 is 9.18 Å². The van der Waals surface area contributed by atoms with Crippen LogP contribution in [-0.4, -0.2) is 29.1 Å². The van der Waals surface area contributed by atoms with Crippen molar-refractivity contribution in [1.29, 1.82) is 0 Å². The number of nitrogens with one attached hydrogen (secondary N) is 1. The zero-order valence-electron chi connectivity index (χ0n) is 9.00. The van der Waals surface area contributed by atoms with Crippen molar-refractivity contribution in [2.75, 3.05) is 23.5 Å². The number of carbonyl (C=O) groups is 1. The zero-order chi connectivity index (χ0) is 11.5. The molecular weight excluding hydrogens is 227 g/mol. The molecule has 1 aromatic rings. The Kier molecular flexibility index (Phi) is 3.33. The summed E-state index contributed by atoms with van der Waals surface area (Å²) in [5.41, 5.74) is 1.08. The fourth-order valence-corrected chi connectivity index (χ4v) is 2.39. The summed E-state index contributed by atoms with van der Waals surface area (Å²) in [6.45, 7) is 2.45. The normalized spacial score (nSPS) is 15.2. The lowest BCUT2D eigenvalue weighted by Crippen LogP contribution is -2.32. The van der Waals surface area contributed by atoms with Crippen molar-refractivity contribution >= 4 is 23.5 Å².